The highest BCUT2D eigenvalue weighted by Gasteiger charge is 2.15. The van der Waals surface area contributed by atoms with Gasteiger partial charge in [-0.3, -0.25) is 4.79 Å². The first-order valence-electron chi connectivity index (χ1n) is 13.0. The summed E-state index contributed by atoms with van der Waals surface area (Å²) in [6.45, 7) is 4.62. The maximum atomic E-state index is 12.8. The van der Waals surface area contributed by atoms with Gasteiger partial charge in [0.1, 0.15) is 23.9 Å². The lowest BCUT2D eigenvalue weighted by atomic mass is 10.1. The molecule has 0 aliphatic heterocycles. The zero-order chi connectivity index (χ0) is 27.5. The average Bonchev–Trinajstić information content (AvgIpc) is 3.57. The number of pyridine rings is 1. The summed E-state index contributed by atoms with van der Waals surface area (Å²) in [5.41, 5.74) is 3.52. The van der Waals surface area contributed by atoms with E-state index in [1.807, 2.05) is 49.4 Å². The van der Waals surface area contributed by atoms with Crippen LogP contribution in [-0.2, 0) is 24.4 Å². The lowest BCUT2D eigenvalue weighted by Gasteiger charge is -2.11. The number of nitrogens with one attached hydrogen (secondary N) is 1. The standard InChI is InChI=1S/C29H27N7O4/c1-2-39-14-13-35-26-6-4-3-5-25(26)30-27(35)18-40-22-10-7-19(8-11-22)17-36-28(32-33-34-36)23-16-20-15-21(37)9-12-24(20)31-29(23)38/h3-12,15-16,37H,2,13-14,17-18H2,1H3,(H,31,38). The van der Waals surface area contributed by atoms with Crippen molar-refractivity contribution >= 4 is 21.9 Å². The SMILES string of the molecule is CCOCCn1c(COc2ccc(Cn3nnnc3-c3cc4cc(O)ccc4[nH]c3=O)cc2)nc2ccccc21. The van der Waals surface area contributed by atoms with E-state index in [-0.39, 0.29) is 11.3 Å². The van der Waals surface area contributed by atoms with Crippen LogP contribution in [0.15, 0.2) is 77.6 Å². The Kier molecular flexibility index (Phi) is 6.94. The molecule has 0 fully saturated rings. The van der Waals surface area contributed by atoms with Gasteiger partial charge in [-0.1, -0.05) is 24.3 Å². The van der Waals surface area contributed by atoms with Crippen LogP contribution in [-0.4, -0.2) is 53.1 Å². The zero-order valence-corrected chi connectivity index (χ0v) is 21.8. The molecular formula is C29H27N7O4. The van der Waals surface area contributed by atoms with Crippen molar-refractivity contribution in [2.45, 2.75) is 26.6 Å². The van der Waals surface area contributed by atoms with Crippen LogP contribution in [0.25, 0.3) is 33.3 Å². The fourth-order valence-corrected chi connectivity index (χ4v) is 4.66. The van der Waals surface area contributed by atoms with Gasteiger partial charge < -0.3 is 24.1 Å². The van der Waals surface area contributed by atoms with Crippen molar-refractivity contribution in [2.75, 3.05) is 13.2 Å². The molecule has 0 aliphatic carbocycles. The summed E-state index contributed by atoms with van der Waals surface area (Å²) in [6, 6.07) is 22.1. The molecule has 0 saturated heterocycles. The number of rotatable bonds is 10. The summed E-state index contributed by atoms with van der Waals surface area (Å²) in [4.78, 5) is 20.3. The van der Waals surface area contributed by atoms with Crippen LogP contribution in [0.1, 0.15) is 18.3 Å². The summed E-state index contributed by atoms with van der Waals surface area (Å²) in [5.74, 6) is 1.97. The molecule has 40 heavy (non-hydrogen) atoms. The van der Waals surface area contributed by atoms with Gasteiger partial charge in [0, 0.05) is 24.1 Å². The second-order valence-electron chi connectivity index (χ2n) is 9.24. The molecule has 2 N–H and O–H groups in total. The van der Waals surface area contributed by atoms with Crippen molar-refractivity contribution in [1.82, 2.24) is 34.7 Å². The van der Waals surface area contributed by atoms with E-state index in [9.17, 15) is 9.90 Å². The number of aromatic hydroxyl groups is 1. The number of hydrogen-bond acceptors (Lipinski definition) is 8. The van der Waals surface area contributed by atoms with E-state index in [0.29, 0.717) is 61.0 Å². The molecule has 6 rings (SSSR count). The highest BCUT2D eigenvalue weighted by molar-refractivity contribution is 5.83. The Bertz CT molecular complexity index is 1840. The smallest absolute Gasteiger partial charge is 0.259 e. The summed E-state index contributed by atoms with van der Waals surface area (Å²) in [6.07, 6.45) is 0. The molecule has 0 atom stereocenters. The molecular weight excluding hydrogens is 510 g/mol. The van der Waals surface area contributed by atoms with Crippen LogP contribution in [0.4, 0.5) is 0 Å². The monoisotopic (exact) mass is 537 g/mol. The third kappa shape index (κ3) is 5.14. The predicted octanol–water partition coefficient (Wildman–Crippen LogP) is 3.90. The van der Waals surface area contributed by atoms with Gasteiger partial charge >= 0.3 is 0 Å². The molecule has 0 unspecified atom stereocenters. The van der Waals surface area contributed by atoms with Crippen LogP contribution in [0.2, 0.25) is 0 Å². The van der Waals surface area contributed by atoms with Crippen molar-refractivity contribution in [3.63, 3.8) is 0 Å². The molecule has 6 aromatic rings. The maximum Gasteiger partial charge on any atom is 0.259 e. The van der Waals surface area contributed by atoms with E-state index < -0.39 is 0 Å². The fraction of sp³-hybridized carbons (Fsp3) is 0.207. The Balaban J connectivity index is 1.17. The first-order valence-corrected chi connectivity index (χ1v) is 13.0. The molecule has 0 radical (unpaired) electrons. The highest BCUT2D eigenvalue weighted by atomic mass is 16.5. The number of aromatic nitrogens is 7. The Morgan fingerprint density at radius 2 is 1.88 bits per heavy atom. The van der Waals surface area contributed by atoms with Crippen molar-refractivity contribution in [3.8, 4) is 22.9 Å². The van der Waals surface area contributed by atoms with Gasteiger partial charge in [0.2, 0.25) is 0 Å². The van der Waals surface area contributed by atoms with E-state index in [1.165, 1.54) is 6.07 Å². The van der Waals surface area contributed by atoms with Crippen molar-refractivity contribution in [2.24, 2.45) is 0 Å². The highest BCUT2D eigenvalue weighted by Crippen LogP contribution is 2.23. The predicted molar refractivity (Wildman–Crippen MR) is 149 cm³/mol. The maximum absolute atomic E-state index is 12.8. The Labute approximate surface area is 228 Å². The fourth-order valence-electron chi connectivity index (χ4n) is 4.66. The molecule has 3 heterocycles. The number of H-pyrrole nitrogens is 1. The van der Waals surface area contributed by atoms with Crippen LogP contribution < -0.4 is 10.3 Å². The first-order chi connectivity index (χ1) is 19.6. The van der Waals surface area contributed by atoms with E-state index >= 15 is 0 Å². The number of phenolic OH excluding ortho intramolecular Hbond substituents is 1. The third-order valence-corrected chi connectivity index (χ3v) is 6.62. The average molecular weight is 538 g/mol. The Morgan fingerprint density at radius 3 is 2.73 bits per heavy atom. The largest absolute Gasteiger partial charge is 0.508 e. The zero-order valence-electron chi connectivity index (χ0n) is 21.8. The number of fused-ring (bicyclic) bond motifs is 2. The number of para-hydroxylation sites is 2. The number of tetrazole rings is 1. The van der Waals surface area contributed by atoms with Gasteiger partial charge in [-0.2, -0.15) is 0 Å². The lowest BCUT2D eigenvalue weighted by Crippen LogP contribution is -2.13. The van der Waals surface area contributed by atoms with Gasteiger partial charge in [0.15, 0.2) is 5.82 Å². The number of aromatic amines is 1. The number of hydrogen-bond donors (Lipinski definition) is 2. The molecule has 11 heteroatoms. The van der Waals surface area contributed by atoms with Crippen LogP contribution in [0, 0.1) is 0 Å². The molecule has 202 valence electrons. The van der Waals surface area contributed by atoms with E-state index in [4.69, 9.17) is 14.5 Å². The summed E-state index contributed by atoms with van der Waals surface area (Å²) >= 11 is 0. The number of phenols is 1. The Hall–Kier alpha value is -5.03. The summed E-state index contributed by atoms with van der Waals surface area (Å²) in [5, 5.41) is 22.5. The molecule has 11 nitrogen and oxygen atoms in total. The summed E-state index contributed by atoms with van der Waals surface area (Å²) < 4.78 is 15.3. The molecule has 0 amide bonds. The quantitative estimate of drug-likeness (QED) is 0.252. The lowest BCUT2D eigenvalue weighted by molar-refractivity contribution is 0.138. The molecule has 3 aromatic carbocycles. The number of imidazole rings is 1. The second kappa shape index (κ2) is 11.0. The summed E-state index contributed by atoms with van der Waals surface area (Å²) in [7, 11) is 0. The minimum absolute atomic E-state index is 0.107. The van der Waals surface area contributed by atoms with E-state index in [2.05, 4.69) is 31.1 Å². The van der Waals surface area contributed by atoms with Gasteiger partial charge in [-0.05, 0) is 71.4 Å². The normalized spacial score (nSPS) is 11.4. The second-order valence-corrected chi connectivity index (χ2v) is 9.24. The van der Waals surface area contributed by atoms with Crippen molar-refractivity contribution in [3.05, 3.63) is 94.5 Å². The van der Waals surface area contributed by atoms with Gasteiger partial charge in [0.05, 0.1) is 29.7 Å². The van der Waals surface area contributed by atoms with Crippen molar-refractivity contribution < 1.29 is 14.6 Å². The molecule has 0 spiro atoms. The van der Waals surface area contributed by atoms with Gasteiger partial charge in [-0.15, -0.1) is 5.10 Å². The van der Waals surface area contributed by atoms with Crippen molar-refractivity contribution in [1.29, 1.82) is 0 Å². The molecule has 0 aliphatic rings. The minimum atomic E-state index is -0.315. The van der Waals surface area contributed by atoms with Crippen LogP contribution in [0.5, 0.6) is 11.5 Å². The van der Waals surface area contributed by atoms with Gasteiger partial charge in [-0.25, -0.2) is 9.67 Å². The molecule has 3 aromatic heterocycles. The third-order valence-electron chi connectivity index (χ3n) is 6.62. The number of nitrogens with zero attached hydrogens (tertiary/aromatic N) is 6. The number of ether oxygens (including phenoxy) is 2. The minimum Gasteiger partial charge on any atom is -0.508 e. The molecule has 0 bridgehead atoms. The molecule has 0 saturated carbocycles. The topological polar surface area (TPSA) is 133 Å². The number of benzene rings is 3. The van der Waals surface area contributed by atoms with E-state index in [1.54, 1.807) is 22.9 Å². The van der Waals surface area contributed by atoms with E-state index in [0.717, 1.165) is 22.4 Å². The first kappa shape index (κ1) is 25.3. The van der Waals surface area contributed by atoms with Crippen LogP contribution in [0.3, 0.4) is 0 Å². The Morgan fingerprint density at radius 1 is 1.02 bits per heavy atom. The van der Waals surface area contributed by atoms with Crippen LogP contribution >= 0.6 is 0 Å². The van der Waals surface area contributed by atoms with Gasteiger partial charge in [0.25, 0.3) is 5.56 Å².